The summed E-state index contributed by atoms with van der Waals surface area (Å²) in [4.78, 5) is 4.81. The van der Waals surface area contributed by atoms with Crippen molar-refractivity contribution in [3.8, 4) is 16.9 Å². The van der Waals surface area contributed by atoms with Crippen molar-refractivity contribution < 1.29 is 26.0 Å². The molecule has 0 radical (unpaired) electrons. The Labute approximate surface area is 223 Å². The normalized spacial score (nSPS) is 16.1. The molecule has 1 N–H and O–H groups in total. The van der Waals surface area contributed by atoms with Gasteiger partial charge < -0.3 is 5.32 Å². The van der Waals surface area contributed by atoms with Crippen molar-refractivity contribution >= 4 is 26.6 Å². The van der Waals surface area contributed by atoms with Crippen molar-refractivity contribution in [1.82, 2.24) is 19.3 Å². The summed E-state index contributed by atoms with van der Waals surface area (Å²) in [5.41, 5.74) is 3.28. The van der Waals surface area contributed by atoms with Gasteiger partial charge in [-0.3, -0.25) is 9.25 Å². The van der Waals surface area contributed by atoms with Crippen LogP contribution in [0.4, 0.5) is 23.2 Å². The van der Waals surface area contributed by atoms with Crippen molar-refractivity contribution in [3.05, 3.63) is 60.3 Å². The second kappa shape index (κ2) is 10.6. The van der Waals surface area contributed by atoms with E-state index < -0.39 is 28.4 Å². The van der Waals surface area contributed by atoms with Gasteiger partial charge in [0, 0.05) is 30.4 Å². The molecule has 0 unspecified atom stereocenters. The monoisotopic (exact) mass is 563 g/mol. The van der Waals surface area contributed by atoms with E-state index in [9.17, 15) is 26.0 Å². The highest BCUT2D eigenvalue weighted by atomic mass is 32.2. The van der Waals surface area contributed by atoms with E-state index in [1.807, 2.05) is 30.1 Å². The van der Waals surface area contributed by atoms with E-state index in [1.54, 1.807) is 23.0 Å². The van der Waals surface area contributed by atoms with Crippen LogP contribution in [0.2, 0.25) is 0 Å². The zero-order valence-electron chi connectivity index (χ0n) is 21.4. The molecule has 4 heterocycles. The van der Waals surface area contributed by atoms with Crippen LogP contribution in [0.15, 0.2) is 48.9 Å². The molecule has 1 saturated heterocycles. The fraction of sp³-hybridized carbons (Fsp3) is 0.407. The molecule has 1 aromatic carbocycles. The van der Waals surface area contributed by atoms with Crippen LogP contribution in [0.1, 0.15) is 31.2 Å². The molecule has 7 nitrogen and oxygen atoms in total. The number of hydrogen-bond acceptors (Lipinski definition) is 5. The maximum absolute atomic E-state index is 14.6. The number of nitrogens with zero attached hydrogens (tertiary/aromatic N) is 4. The minimum absolute atomic E-state index is 0.228. The molecule has 0 saturated carbocycles. The summed E-state index contributed by atoms with van der Waals surface area (Å²) in [6.07, 6.45) is 5.24. The van der Waals surface area contributed by atoms with Gasteiger partial charge in [0.25, 0.3) is 0 Å². The largest absolute Gasteiger partial charge is 0.405 e. The number of alkyl halides is 3. The smallest absolute Gasteiger partial charge is 0.374 e. The van der Waals surface area contributed by atoms with E-state index in [-0.39, 0.29) is 17.2 Å². The molecule has 0 amide bonds. The zero-order valence-corrected chi connectivity index (χ0v) is 22.2. The predicted octanol–water partition coefficient (Wildman–Crippen LogP) is 5.69. The highest BCUT2D eigenvalue weighted by molar-refractivity contribution is 7.91. The summed E-state index contributed by atoms with van der Waals surface area (Å²) in [6.45, 7) is -1.32. The van der Waals surface area contributed by atoms with Crippen LogP contribution in [-0.4, -0.2) is 52.0 Å². The number of sulfone groups is 1. The first-order valence-corrected chi connectivity index (χ1v) is 14.6. The first kappa shape index (κ1) is 27.2. The molecule has 1 aliphatic heterocycles. The third-order valence-corrected chi connectivity index (χ3v) is 8.90. The summed E-state index contributed by atoms with van der Waals surface area (Å²) in [5, 5.41) is 7.29. The molecule has 12 heteroatoms. The molecule has 0 aliphatic carbocycles. The van der Waals surface area contributed by atoms with Gasteiger partial charge in [0.15, 0.2) is 0 Å². The Morgan fingerprint density at radius 2 is 1.87 bits per heavy atom. The van der Waals surface area contributed by atoms with Crippen molar-refractivity contribution in [2.75, 3.05) is 23.4 Å². The third kappa shape index (κ3) is 6.43. The quantitative estimate of drug-likeness (QED) is 0.279. The summed E-state index contributed by atoms with van der Waals surface area (Å²) in [5.74, 6) is 0.154. The number of benzene rings is 1. The fourth-order valence-electron chi connectivity index (χ4n) is 5.08. The van der Waals surface area contributed by atoms with E-state index in [2.05, 4.69) is 10.4 Å². The van der Waals surface area contributed by atoms with Gasteiger partial charge >= 0.3 is 6.18 Å². The maximum Gasteiger partial charge on any atom is 0.405 e. The van der Waals surface area contributed by atoms with Crippen LogP contribution >= 0.6 is 0 Å². The maximum atomic E-state index is 14.6. The average molecular weight is 564 g/mol. The lowest BCUT2D eigenvalue weighted by Gasteiger charge is -2.21. The minimum atomic E-state index is -4.45. The second-order valence-corrected chi connectivity index (χ2v) is 12.4. The van der Waals surface area contributed by atoms with Crippen molar-refractivity contribution in [2.24, 2.45) is 13.0 Å². The molecular weight excluding hydrogens is 534 g/mol. The van der Waals surface area contributed by atoms with Crippen molar-refractivity contribution in [1.29, 1.82) is 0 Å². The van der Waals surface area contributed by atoms with Gasteiger partial charge in [-0.05, 0) is 61.4 Å². The molecule has 39 heavy (non-hydrogen) atoms. The predicted molar refractivity (Wildman–Crippen MR) is 142 cm³/mol. The van der Waals surface area contributed by atoms with Gasteiger partial charge in [-0.1, -0.05) is 12.5 Å². The number of pyridine rings is 1. The van der Waals surface area contributed by atoms with E-state index in [0.717, 1.165) is 35.9 Å². The van der Waals surface area contributed by atoms with Crippen LogP contribution in [0.25, 0.3) is 28.0 Å². The van der Waals surface area contributed by atoms with Crippen LogP contribution in [0.3, 0.4) is 0 Å². The fourth-order valence-corrected chi connectivity index (χ4v) is 6.67. The van der Waals surface area contributed by atoms with Gasteiger partial charge in [0.05, 0.1) is 34.8 Å². The lowest BCUT2D eigenvalue weighted by molar-refractivity contribution is -0.115. The second-order valence-electron chi connectivity index (χ2n) is 10.1. The number of aromatic nitrogens is 4. The Morgan fingerprint density at radius 1 is 1.10 bits per heavy atom. The van der Waals surface area contributed by atoms with Crippen LogP contribution < -0.4 is 5.32 Å². The molecular formula is C27H29F4N5O2S. The molecule has 3 aromatic heterocycles. The third-order valence-electron chi connectivity index (χ3n) is 7.18. The number of nitrogens with one attached hydrogen (secondary N) is 1. The Hall–Kier alpha value is -3.41. The zero-order chi connectivity index (χ0) is 27.8. The summed E-state index contributed by atoms with van der Waals surface area (Å²) in [7, 11) is -1.06. The topological polar surface area (TPSA) is 81.8 Å². The Morgan fingerprint density at radius 3 is 2.54 bits per heavy atom. The average Bonchev–Trinajstić information content (AvgIpc) is 3.46. The number of aryl methyl sites for hydroxylation is 2. The summed E-state index contributed by atoms with van der Waals surface area (Å²) < 4.78 is 79.2. The van der Waals surface area contributed by atoms with Crippen molar-refractivity contribution in [3.63, 3.8) is 0 Å². The number of halogens is 4. The molecule has 1 fully saturated rings. The van der Waals surface area contributed by atoms with Crippen LogP contribution in [0.5, 0.6) is 0 Å². The number of rotatable bonds is 8. The highest BCUT2D eigenvalue weighted by Crippen LogP contribution is 2.31. The Bertz CT molecular complexity index is 1580. The van der Waals surface area contributed by atoms with Gasteiger partial charge in [0.1, 0.15) is 27.8 Å². The molecule has 208 valence electrons. The molecule has 0 bridgehead atoms. The van der Waals surface area contributed by atoms with Gasteiger partial charge in [-0.15, -0.1) is 0 Å². The molecule has 4 aromatic rings. The van der Waals surface area contributed by atoms with Crippen molar-refractivity contribution in [2.45, 2.75) is 38.3 Å². The van der Waals surface area contributed by atoms with Gasteiger partial charge in [0.2, 0.25) is 0 Å². The number of fused-ring (bicyclic) bond motifs is 1. The molecule has 1 aliphatic rings. The molecule has 0 spiro atoms. The van der Waals surface area contributed by atoms with E-state index >= 15 is 0 Å². The van der Waals surface area contributed by atoms with Gasteiger partial charge in [-0.2, -0.15) is 18.3 Å². The lowest BCUT2D eigenvalue weighted by atomic mass is 9.95. The SMILES string of the molecule is Cn1cc(-n2cc(CCCC3CCS(=O)(=O)CC3)c3ccc(-c4ccc(NCC(F)(F)F)c(F)c4)nc32)cn1. The van der Waals surface area contributed by atoms with E-state index in [1.165, 1.54) is 12.1 Å². The first-order valence-electron chi connectivity index (χ1n) is 12.8. The summed E-state index contributed by atoms with van der Waals surface area (Å²) >= 11 is 0. The van der Waals surface area contributed by atoms with E-state index in [0.29, 0.717) is 35.7 Å². The highest BCUT2D eigenvalue weighted by Gasteiger charge is 2.27. The Balaban J connectivity index is 1.40. The summed E-state index contributed by atoms with van der Waals surface area (Å²) in [6, 6.07) is 7.71. The number of hydrogen-bond donors (Lipinski definition) is 1. The minimum Gasteiger partial charge on any atom is -0.374 e. The van der Waals surface area contributed by atoms with Crippen LogP contribution in [0, 0.1) is 11.7 Å². The molecule has 5 rings (SSSR count). The standard InChI is InChI=1S/C27H29F4N5O2S/c1-35-16-21(14-33-35)36-15-20(4-2-3-18-9-11-39(37,38)12-10-18)22-6-8-24(34-26(22)36)19-5-7-25(23(28)13-19)32-17-27(29,30)31/h5-8,13-16,18,32H,2-4,9-12,17H2,1H3. The van der Waals surface area contributed by atoms with Crippen LogP contribution in [-0.2, 0) is 23.3 Å². The van der Waals surface area contributed by atoms with E-state index in [4.69, 9.17) is 4.98 Å². The Kier molecular flexibility index (Phi) is 7.41. The first-order chi connectivity index (χ1) is 18.5. The van der Waals surface area contributed by atoms with Gasteiger partial charge in [-0.25, -0.2) is 17.8 Å². The number of anilines is 1. The lowest BCUT2D eigenvalue weighted by Crippen LogP contribution is -2.23. The molecule has 0 atom stereocenters.